The Morgan fingerprint density at radius 1 is 1.29 bits per heavy atom. The minimum atomic E-state index is -0.0116. The highest BCUT2D eigenvalue weighted by molar-refractivity contribution is 6.31. The van der Waals surface area contributed by atoms with Crippen molar-refractivity contribution in [3.8, 4) is 0 Å². The van der Waals surface area contributed by atoms with E-state index in [2.05, 4.69) is 36.4 Å². The standard InChI is InChI=1S/C13H20ClN3/c1-13(2,3)17-12(15-4)16-9-10-7-5-6-8-11(10)14/h5-8H,9H2,1-4H3,(H2,15,16,17). The largest absolute Gasteiger partial charge is 0.352 e. The molecular weight excluding hydrogens is 234 g/mol. The zero-order valence-corrected chi connectivity index (χ0v) is 11.6. The number of halogens is 1. The maximum absolute atomic E-state index is 6.08. The average Bonchev–Trinajstić information content (AvgIpc) is 2.24. The van der Waals surface area contributed by atoms with Crippen molar-refractivity contribution < 1.29 is 0 Å². The van der Waals surface area contributed by atoms with Crippen molar-refractivity contribution in [3.05, 3.63) is 34.9 Å². The summed E-state index contributed by atoms with van der Waals surface area (Å²) >= 11 is 6.08. The highest BCUT2D eigenvalue weighted by Crippen LogP contribution is 2.14. The summed E-state index contributed by atoms with van der Waals surface area (Å²) in [4.78, 5) is 4.17. The van der Waals surface area contributed by atoms with Crippen LogP contribution in [0.4, 0.5) is 0 Å². The smallest absolute Gasteiger partial charge is 0.191 e. The Balaban J connectivity index is 2.58. The van der Waals surface area contributed by atoms with E-state index >= 15 is 0 Å². The summed E-state index contributed by atoms with van der Waals surface area (Å²) in [6.07, 6.45) is 0. The highest BCUT2D eigenvalue weighted by atomic mass is 35.5. The monoisotopic (exact) mass is 253 g/mol. The van der Waals surface area contributed by atoms with Gasteiger partial charge in [0.1, 0.15) is 0 Å². The third-order valence-corrected chi connectivity index (χ3v) is 2.49. The summed E-state index contributed by atoms with van der Waals surface area (Å²) in [7, 11) is 1.76. The van der Waals surface area contributed by atoms with Gasteiger partial charge in [-0.25, -0.2) is 0 Å². The third-order valence-electron chi connectivity index (χ3n) is 2.12. The molecular formula is C13H20ClN3. The number of nitrogens with one attached hydrogen (secondary N) is 2. The van der Waals surface area contributed by atoms with Crippen LogP contribution in [0.3, 0.4) is 0 Å². The number of hydrogen-bond donors (Lipinski definition) is 2. The summed E-state index contributed by atoms with van der Waals surface area (Å²) in [6.45, 7) is 6.94. The first-order valence-corrected chi connectivity index (χ1v) is 6.02. The van der Waals surface area contributed by atoms with E-state index in [0.717, 1.165) is 16.5 Å². The highest BCUT2D eigenvalue weighted by Gasteiger charge is 2.11. The van der Waals surface area contributed by atoms with Crippen molar-refractivity contribution in [2.24, 2.45) is 4.99 Å². The van der Waals surface area contributed by atoms with Crippen molar-refractivity contribution in [3.63, 3.8) is 0 Å². The van der Waals surface area contributed by atoms with Gasteiger partial charge < -0.3 is 10.6 Å². The van der Waals surface area contributed by atoms with Crippen molar-refractivity contribution in [2.45, 2.75) is 32.9 Å². The number of nitrogens with zero attached hydrogens (tertiary/aromatic N) is 1. The van der Waals surface area contributed by atoms with E-state index in [1.54, 1.807) is 7.05 Å². The van der Waals surface area contributed by atoms with E-state index in [1.165, 1.54) is 0 Å². The fourth-order valence-corrected chi connectivity index (χ4v) is 1.56. The molecule has 0 radical (unpaired) electrons. The van der Waals surface area contributed by atoms with Crippen LogP contribution >= 0.6 is 11.6 Å². The van der Waals surface area contributed by atoms with E-state index < -0.39 is 0 Å². The van der Waals surface area contributed by atoms with Crippen LogP contribution in [0.15, 0.2) is 29.3 Å². The lowest BCUT2D eigenvalue weighted by Crippen LogP contribution is -2.47. The topological polar surface area (TPSA) is 36.4 Å². The SMILES string of the molecule is CN=C(NCc1ccccc1Cl)NC(C)(C)C. The summed E-state index contributed by atoms with van der Waals surface area (Å²) in [5, 5.41) is 7.30. The number of guanidine groups is 1. The maximum Gasteiger partial charge on any atom is 0.191 e. The van der Waals surface area contributed by atoms with E-state index in [9.17, 15) is 0 Å². The quantitative estimate of drug-likeness (QED) is 0.628. The molecule has 0 fully saturated rings. The van der Waals surface area contributed by atoms with Crippen molar-refractivity contribution >= 4 is 17.6 Å². The van der Waals surface area contributed by atoms with Crippen LogP contribution in [0.1, 0.15) is 26.3 Å². The first-order valence-electron chi connectivity index (χ1n) is 5.64. The maximum atomic E-state index is 6.08. The van der Waals surface area contributed by atoms with E-state index in [4.69, 9.17) is 11.6 Å². The van der Waals surface area contributed by atoms with E-state index in [0.29, 0.717) is 6.54 Å². The Bertz CT molecular complexity index is 394. The molecule has 3 nitrogen and oxygen atoms in total. The van der Waals surface area contributed by atoms with Crippen molar-refractivity contribution in [1.82, 2.24) is 10.6 Å². The number of hydrogen-bond acceptors (Lipinski definition) is 1. The number of aliphatic imine (C=N–C) groups is 1. The minimum absolute atomic E-state index is 0.0116. The van der Waals surface area contributed by atoms with Crippen LogP contribution in [0.5, 0.6) is 0 Å². The molecule has 0 unspecified atom stereocenters. The molecule has 0 aliphatic heterocycles. The van der Waals surface area contributed by atoms with Crippen LogP contribution in [0.2, 0.25) is 5.02 Å². The van der Waals surface area contributed by atoms with Crippen LogP contribution < -0.4 is 10.6 Å². The van der Waals surface area contributed by atoms with Gasteiger partial charge in [-0.2, -0.15) is 0 Å². The zero-order chi connectivity index (χ0) is 12.9. The molecule has 0 aromatic heterocycles. The minimum Gasteiger partial charge on any atom is -0.352 e. The lowest BCUT2D eigenvalue weighted by atomic mass is 10.1. The molecule has 0 aliphatic rings. The van der Waals surface area contributed by atoms with Crippen molar-refractivity contribution in [1.29, 1.82) is 0 Å². The molecule has 0 amide bonds. The second kappa shape index (κ2) is 5.92. The molecule has 0 aliphatic carbocycles. The van der Waals surface area contributed by atoms with Crippen molar-refractivity contribution in [2.75, 3.05) is 7.05 Å². The Morgan fingerprint density at radius 3 is 2.47 bits per heavy atom. The second-order valence-corrected chi connectivity index (χ2v) is 5.30. The summed E-state index contributed by atoms with van der Waals surface area (Å²) in [5.74, 6) is 0.775. The second-order valence-electron chi connectivity index (χ2n) is 4.89. The molecule has 0 saturated heterocycles. The zero-order valence-electron chi connectivity index (χ0n) is 10.8. The summed E-state index contributed by atoms with van der Waals surface area (Å²) in [6, 6.07) is 7.79. The lowest BCUT2D eigenvalue weighted by Gasteiger charge is -2.23. The number of rotatable bonds is 2. The lowest BCUT2D eigenvalue weighted by molar-refractivity contribution is 0.501. The first kappa shape index (κ1) is 13.8. The average molecular weight is 254 g/mol. The van der Waals surface area contributed by atoms with Gasteiger partial charge in [-0.15, -0.1) is 0 Å². The molecule has 0 spiro atoms. The van der Waals surface area contributed by atoms with Crippen LogP contribution in [-0.4, -0.2) is 18.5 Å². The molecule has 17 heavy (non-hydrogen) atoms. The van der Waals surface area contributed by atoms with Crippen LogP contribution in [-0.2, 0) is 6.54 Å². The molecule has 1 rings (SSSR count). The predicted molar refractivity (Wildman–Crippen MR) is 74.5 cm³/mol. The molecule has 4 heteroatoms. The van der Waals surface area contributed by atoms with Gasteiger partial charge in [-0.05, 0) is 32.4 Å². The summed E-state index contributed by atoms with van der Waals surface area (Å²) < 4.78 is 0. The van der Waals surface area contributed by atoms with Gasteiger partial charge in [0, 0.05) is 24.2 Å². The Labute approximate surface area is 108 Å². The van der Waals surface area contributed by atoms with Gasteiger partial charge in [0.15, 0.2) is 5.96 Å². The van der Waals surface area contributed by atoms with E-state index in [1.807, 2.05) is 24.3 Å². The molecule has 0 atom stereocenters. The number of benzene rings is 1. The van der Waals surface area contributed by atoms with Gasteiger partial charge in [-0.3, -0.25) is 4.99 Å². The fourth-order valence-electron chi connectivity index (χ4n) is 1.36. The molecule has 1 aromatic carbocycles. The van der Waals surface area contributed by atoms with Gasteiger partial charge in [-0.1, -0.05) is 29.8 Å². The van der Waals surface area contributed by atoms with Gasteiger partial charge in [0.2, 0.25) is 0 Å². The van der Waals surface area contributed by atoms with Crippen LogP contribution in [0.25, 0.3) is 0 Å². The molecule has 0 bridgehead atoms. The molecule has 1 aromatic rings. The van der Waals surface area contributed by atoms with E-state index in [-0.39, 0.29) is 5.54 Å². The molecule has 0 saturated carbocycles. The Hall–Kier alpha value is -1.22. The Morgan fingerprint density at radius 2 is 1.94 bits per heavy atom. The fraction of sp³-hybridized carbons (Fsp3) is 0.462. The van der Waals surface area contributed by atoms with Gasteiger partial charge in [0.25, 0.3) is 0 Å². The first-order chi connectivity index (χ1) is 7.92. The van der Waals surface area contributed by atoms with Gasteiger partial charge in [0.05, 0.1) is 0 Å². The molecule has 2 N–H and O–H groups in total. The Kier molecular flexibility index (Phi) is 4.82. The molecule has 94 valence electrons. The normalized spacial score (nSPS) is 12.4. The summed E-state index contributed by atoms with van der Waals surface area (Å²) in [5.41, 5.74) is 1.05. The third kappa shape index (κ3) is 5.09. The van der Waals surface area contributed by atoms with Crippen LogP contribution in [0, 0.1) is 0 Å². The van der Waals surface area contributed by atoms with Gasteiger partial charge >= 0.3 is 0 Å². The molecule has 0 heterocycles. The predicted octanol–water partition coefficient (Wildman–Crippen LogP) is 2.80.